The van der Waals surface area contributed by atoms with Crippen molar-refractivity contribution in [2.45, 2.75) is 32.8 Å². The zero-order valence-corrected chi connectivity index (χ0v) is 12.8. The number of piperidine rings is 1. The first-order valence-electron chi connectivity index (χ1n) is 7.74. The van der Waals surface area contributed by atoms with Crippen molar-refractivity contribution in [1.29, 1.82) is 0 Å². The number of carboxylic acid groups (broad SMARTS) is 1. The van der Waals surface area contributed by atoms with Crippen LogP contribution in [0.25, 0.3) is 0 Å². The zero-order valence-electron chi connectivity index (χ0n) is 12.8. The number of carboxylic acids is 1. The van der Waals surface area contributed by atoms with Gasteiger partial charge in [-0.1, -0.05) is 37.3 Å². The summed E-state index contributed by atoms with van der Waals surface area (Å²) in [5.41, 5.74) is 0.613. The molecule has 1 aliphatic heterocycles. The van der Waals surface area contributed by atoms with E-state index in [0.717, 1.165) is 25.9 Å². The monoisotopic (exact) mass is 291 g/mol. The average molecular weight is 291 g/mol. The SMILES string of the molecule is CCC1(C(=O)O)CCCN(CCOCc2ccccc2)C1. The molecule has 2 rings (SSSR count). The van der Waals surface area contributed by atoms with Gasteiger partial charge in [-0.3, -0.25) is 9.69 Å². The van der Waals surface area contributed by atoms with Gasteiger partial charge in [-0.25, -0.2) is 0 Å². The summed E-state index contributed by atoms with van der Waals surface area (Å²) in [7, 11) is 0. The molecule has 1 N–H and O–H groups in total. The first-order valence-corrected chi connectivity index (χ1v) is 7.74. The van der Waals surface area contributed by atoms with E-state index in [0.29, 0.717) is 26.2 Å². The van der Waals surface area contributed by atoms with Crippen LogP contribution in [0.5, 0.6) is 0 Å². The largest absolute Gasteiger partial charge is 0.481 e. The normalized spacial score (nSPS) is 23.1. The molecule has 0 amide bonds. The minimum absolute atomic E-state index is 0.558. The molecule has 4 heteroatoms. The summed E-state index contributed by atoms with van der Waals surface area (Å²) >= 11 is 0. The van der Waals surface area contributed by atoms with Crippen LogP contribution in [0.3, 0.4) is 0 Å². The molecule has 1 aromatic carbocycles. The Labute approximate surface area is 126 Å². The van der Waals surface area contributed by atoms with Crippen LogP contribution in [0, 0.1) is 5.41 Å². The van der Waals surface area contributed by atoms with Crippen molar-refractivity contribution in [3.05, 3.63) is 35.9 Å². The Bertz CT molecular complexity index is 449. The lowest BCUT2D eigenvalue weighted by Gasteiger charge is -2.39. The fourth-order valence-corrected chi connectivity index (χ4v) is 2.99. The number of rotatable bonds is 7. The number of nitrogens with zero attached hydrogens (tertiary/aromatic N) is 1. The fraction of sp³-hybridized carbons (Fsp3) is 0.588. The van der Waals surface area contributed by atoms with Crippen LogP contribution >= 0.6 is 0 Å². The van der Waals surface area contributed by atoms with E-state index in [1.54, 1.807) is 0 Å². The molecule has 1 aliphatic rings. The Morgan fingerprint density at radius 2 is 2.14 bits per heavy atom. The maximum absolute atomic E-state index is 11.5. The van der Waals surface area contributed by atoms with Gasteiger partial charge in [0, 0.05) is 13.1 Å². The molecule has 1 saturated heterocycles. The predicted octanol–water partition coefficient (Wildman–Crippen LogP) is 2.78. The van der Waals surface area contributed by atoms with Gasteiger partial charge in [0.05, 0.1) is 18.6 Å². The maximum Gasteiger partial charge on any atom is 0.310 e. The summed E-state index contributed by atoms with van der Waals surface area (Å²) in [5.74, 6) is -0.653. The highest BCUT2D eigenvalue weighted by Gasteiger charge is 2.40. The van der Waals surface area contributed by atoms with E-state index in [1.807, 2.05) is 37.3 Å². The quantitative estimate of drug-likeness (QED) is 0.785. The number of ether oxygens (including phenoxy) is 1. The summed E-state index contributed by atoms with van der Waals surface area (Å²) < 4.78 is 5.70. The predicted molar refractivity (Wildman–Crippen MR) is 82.1 cm³/mol. The Morgan fingerprint density at radius 3 is 2.81 bits per heavy atom. The number of carbonyl (C=O) groups is 1. The highest BCUT2D eigenvalue weighted by Crippen LogP contribution is 2.33. The van der Waals surface area contributed by atoms with Crippen molar-refractivity contribution >= 4 is 5.97 Å². The van der Waals surface area contributed by atoms with Gasteiger partial charge < -0.3 is 9.84 Å². The smallest absolute Gasteiger partial charge is 0.310 e. The third kappa shape index (κ3) is 4.29. The molecule has 1 aromatic rings. The van der Waals surface area contributed by atoms with Crippen molar-refractivity contribution < 1.29 is 14.6 Å². The molecule has 1 fully saturated rings. The van der Waals surface area contributed by atoms with E-state index in [1.165, 1.54) is 5.56 Å². The third-order valence-electron chi connectivity index (χ3n) is 4.45. The number of likely N-dealkylation sites (tertiary alicyclic amines) is 1. The van der Waals surface area contributed by atoms with E-state index in [4.69, 9.17) is 4.74 Å². The van der Waals surface area contributed by atoms with Crippen LogP contribution in [0.1, 0.15) is 31.7 Å². The summed E-state index contributed by atoms with van der Waals surface area (Å²) in [5, 5.41) is 9.47. The van der Waals surface area contributed by atoms with Gasteiger partial charge in [0.15, 0.2) is 0 Å². The van der Waals surface area contributed by atoms with E-state index in [9.17, 15) is 9.90 Å². The molecule has 116 valence electrons. The Kier molecular flexibility index (Phi) is 5.76. The van der Waals surface area contributed by atoms with E-state index in [2.05, 4.69) is 4.90 Å². The minimum Gasteiger partial charge on any atom is -0.481 e. The lowest BCUT2D eigenvalue weighted by atomic mass is 9.78. The van der Waals surface area contributed by atoms with Crippen LogP contribution in [0.15, 0.2) is 30.3 Å². The van der Waals surface area contributed by atoms with Gasteiger partial charge in [0.1, 0.15) is 0 Å². The van der Waals surface area contributed by atoms with Crippen LogP contribution in [0.2, 0.25) is 0 Å². The lowest BCUT2D eigenvalue weighted by Crippen LogP contribution is -2.48. The molecule has 1 heterocycles. The lowest BCUT2D eigenvalue weighted by molar-refractivity contribution is -0.153. The van der Waals surface area contributed by atoms with Gasteiger partial charge >= 0.3 is 5.97 Å². The highest BCUT2D eigenvalue weighted by molar-refractivity contribution is 5.75. The van der Waals surface area contributed by atoms with Gasteiger partial charge in [0.25, 0.3) is 0 Å². The second kappa shape index (κ2) is 7.57. The second-order valence-corrected chi connectivity index (χ2v) is 5.86. The molecule has 1 unspecified atom stereocenters. The number of hydrogen-bond donors (Lipinski definition) is 1. The Morgan fingerprint density at radius 1 is 1.38 bits per heavy atom. The van der Waals surface area contributed by atoms with Gasteiger partial charge in [0.2, 0.25) is 0 Å². The fourth-order valence-electron chi connectivity index (χ4n) is 2.99. The van der Waals surface area contributed by atoms with Gasteiger partial charge in [-0.05, 0) is 31.4 Å². The average Bonchev–Trinajstić information content (AvgIpc) is 2.52. The van der Waals surface area contributed by atoms with Crippen molar-refractivity contribution in [1.82, 2.24) is 4.90 Å². The maximum atomic E-state index is 11.5. The Hall–Kier alpha value is -1.39. The molecule has 21 heavy (non-hydrogen) atoms. The molecule has 0 saturated carbocycles. The van der Waals surface area contributed by atoms with Crippen LogP contribution in [0.4, 0.5) is 0 Å². The number of hydrogen-bond acceptors (Lipinski definition) is 3. The molecule has 0 spiro atoms. The summed E-state index contributed by atoms with van der Waals surface area (Å²) in [6, 6.07) is 10.1. The molecule has 0 radical (unpaired) electrons. The zero-order chi connectivity index (χ0) is 15.1. The van der Waals surface area contributed by atoms with E-state index in [-0.39, 0.29) is 0 Å². The molecule has 4 nitrogen and oxygen atoms in total. The van der Waals surface area contributed by atoms with Crippen molar-refractivity contribution in [3.63, 3.8) is 0 Å². The highest BCUT2D eigenvalue weighted by atomic mass is 16.5. The molecule has 0 aliphatic carbocycles. The standard InChI is InChI=1S/C17H25NO3/c1-2-17(16(19)20)9-6-10-18(14-17)11-12-21-13-15-7-4-3-5-8-15/h3-5,7-8H,2,6,9-14H2,1H3,(H,19,20). The molecule has 0 aromatic heterocycles. The van der Waals surface area contributed by atoms with Gasteiger partial charge in [-0.15, -0.1) is 0 Å². The van der Waals surface area contributed by atoms with Crippen molar-refractivity contribution in [2.75, 3.05) is 26.2 Å². The van der Waals surface area contributed by atoms with Crippen molar-refractivity contribution in [3.8, 4) is 0 Å². The van der Waals surface area contributed by atoms with Crippen LogP contribution in [-0.2, 0) is 16.1 Å². The van der Waals surface area contributed by atoms with Crippen molar-refractivity contribution in [2.24, 2.45) is 5.41 Å². The minimum atomic E-state index is -0.653. The van der Waals surface area contributed by atoms with E-state index >= 15 is 0 Å². The van der Waals surface area contributed by atoms with Crippen LogP contribution < -0.4 is 0 Å². The Balaban J connectivity index is 1.74. The number of aliphatic carboxylic acids is 1. The topological polar surface area (TPSA) is 49.8 Å². The summed E-state index contributed by atoms with van der Waals surface area (Å²) in [6.07, 6.45) is 2.45. The first-order chi connectivity index (χ1) is 10.2. The van der Waals surface area contributed by atoms with Gasteiger partial charge in [-0.2, -0.15) is 0 Å². The summed E-state index contributed by atoms with van der Waals surface area (Å²) in [6.45, 7) is 5.67. The molecule has 0 bridgehead atoms. The second-order valence-electron chi connectivity index (χ2n) is 5.86. The van der Waals surface area contributed by atoms with Crippen LogP contribution in [-0.4, -0.2) is 42.2 Å². The number of benzene rings is 1. The molecular weight excluding hydrogens is 266 g/mol. The van der Waals surface area contributed by atoms with E-state index < -0.39 is 11.4 Å². The first kappa shape index (κ1) is 16.0. The molecular formula is C17H25NO3. The summed E-state index contributed by atoms with van der Waals surface area (Å²) in [4.78, 5) is 13.7. The molecule has 1 atom stereocenters. The third-order valence-corrected chi connectivity index (χ3v) is 4.45.